The van der Waals surface area contributed by atoms with Gasteiger partial charge in [0.25, 0.3) is 0 Å². The van der Waals surface area contributed by atoms with Gasteiger partial charge in [-0.2, -0.15) is 0 Å². The summed E-state index contributed by atoms with van der Waals surface area (Å²) in [7, 11) is -9.89. The first-order chi connectivity index (χ1) is 42.4. The molecule has 0 aromatic carbocycles. The number of rotatable bonds is 68. The first-order valence-electron chi connectivity index (χ1n) is 36.0. The highest BCUT2D eigenvalue weighted by Gasteiger charge is 2.30. The minimum atomic E-state index is -4.95. The molecule has 6 atom stereocenters. The molecule has 0 bridgehead atoms. The first kappa shape index (κ1) is 86.1. The number of aliphatic hydroxyl groups excluding tert-OH is 1. The lowest BCUT2D eigenvalue weighted by Crippen LogP contribution is -2.30. The smallest absolute Gasteiger partial charge is 0.462 e. The molecule has 0 radical (unpaired) electrons. The molecule has 0 saturated carbocycles. The monoisotopic (exact) mass is 1300 g/mol. The lowest BCUT2D eigenvalue weighted by Gasteiger charge is -2.21. The van der Waals surface area contributed by atoms with Gasteiger partial charge in [-0.25, -0.2) is 9.13 Å². The van der Waals surface area contributed by atoms with Crippen molar-refractivity contribution in [3.05, 3.63) is 0 Å². The number of esters is 4. The average molecular weight is 1300 g/mol. The summed E-state index contributed by atoms with van der Waals surface area (Å²) in [6.45, 7) is 9.48. The van der Waals surface area contributed by atoms with Gasteiger partial charge in [0.05, 0.1) is 26.4 Å². The fraction of sp³-hybridized carbons (Fsp3) is 0.942. The molecule has 17 nitrogen and oxygen atoms in total. The molecule has 0 aliphatic heterocycles. The van der Waals surface area contributed by atoms with Crippen LogP contribution in [0, 0.1) is 11.8 Å². The van der Waals surface area contributed by atoms with Crippen molar-refractivity contribution in [2.24, 2.45) is 11.8 Å². The predicted octanol–water partition coefficient (Wildman–Crippen LogP) is 19.6. The lowest BCUT2D eigenvalue weighted by molar-refractivity contribution is -0.161. The lowest BCUT2D eigenvalue weighted by atomic mass is 9.99. The summed E-state index contributed by atoms with van der Waals surface area (Å²) in [5.41, 5.74) is 0. The predicted molar refractivity (Wildman–Crippen MR) is 354 cm³/mol. The zero-order valence-electron chi connectivity index (χ0n) is 57.0. The van der Waals surface area contributed by atoms with Gasteiger partial charge in [-0.3, -0.25) is 37.3 Å². The van der Waals surface area contributed by atoms with Crippen LogP contribution in [-0.4, -0.2) is 96.7 Å². The van der Waals surface area contributed by atoms with Crippen LogP contribution in [0.1, 0.15) is 350 Å². The van der Waals surface area contributed by atoms with E-state index in [2.05, 4.69) is 41.5 Å². The number of hydrogen-bond donors (Lipinski definition) is 3. The molecular formula is C69H134O17P2. The van der Waals surface area contributed by atoms with Crippen LogP contribution in [0.4, 0.5) is 0 Å². The summed E-state index contributed by atoms with van der Waals surface area (Å²) >= 11 is 0. The molecule has 88 heavy (non-hydrogen) atoms. The van der Waals surface area contributed by atoms with Gasteiger partial charge in [0.2, 0.25) is 0 Å². The number of phosphoric ester groups is 2. The van der Waals surface area contributed by atoms with Crippen LogP contribution in [0.2, 0.25) is 0 Å². The largest absolute Gasteiger partial charge is 0.472 e. The number of unbranched alkanes of at least 4 members (excludes halogenated alkanes) is 37. The summed E-state index contributed by atoms with van der Waals surface area (Å²) in [5.74, 6) is -0.564. The summed E-state index contributed by atoms with van der Waals surface area (Å²) in [6, 6.07) is 0. The van der Waals surface area contributed by atoms with E-state index in [0.717, 1.165) is 108 Å². The van der Waals surface area contributed by atoms with Crippen molar-refractivity contribution in [1.82, 2.24) is 0 Å². The molecule has 0 spiro atoms. The number of phosphoric acid groups is 2. The van der Waals surface area contributed by atoms with Gasteiger partial charge in [-0.1, -0.05) is 298 Å². The normalized spacial score (nSPS) is 14.5. The number of aliphatic hydroxyl groups is 1. The molecule has 3 N–H and O–H groups in total. The standard InChI is InChI=1S/C69H134O17P2/c1-7-10-12-14-15-16-17-21-25-28-34-40-46-52-67(72)80-58-65(86-68(73)53-47-41-35-29-26-23-20-18-19-22-24-27-32-38-43-49-61(4)5)60-84-88(77,78)82-56-63(70)55-81-87(75,76)83-59-64(57-79-66(71)51-45-37-13-11-8-2)85-69(74)54-48-42-36-31-30-33-39-44-50-62(6)9-3/h61-65,70H,7-60H2,1-6H3,(H,75,76)(H,77,78)/t62?,63-,64+,65+/m0/s1. The Labute approximate surface area is 537 Å². The van der Waals surface area contributed by atoms with Crippen LogP contribution in [0.25, 0.3) is 0 Å². The van der Waals surface area contributed by atoms with Crippen molar-refractivity contribution in [2.75, 3.05) is 39.6 Å². The van der Waals surface area contributed by atoms with Crippen LogP contribution in [0.5, 0.6) is 0 Å². The Bertz CT molecular complexity index is 1720. The molecule has 3 unspecified atom stereocenters. The van der Waals surface area contributed by atoms with Gasteiger partial charge in [0.1, 0.15) is 19.3 Å². The topological polar surface area (TPSA) is 237 Å². The van der Waals surface area contributed by atoms with Crippen molar-refractivity contribution in [3.8, 4) is 0 Å². The summed E-state index contributed by atoms with van der Waals surface area (Å²) in [6.07, 6.45) is 46.1. The number of carbonyl (C=O) groups excluding carboxylic acids is 4. The number of ether oxygens (including phenoxy) is 4. The van der Waals surface area contributed by atoms with Gasteiger partial charge >= 0.3 is 39.5 Å². The Kier molecular flexibility index (Phi) is 59.9. The maximum Gasteiger partial charge on any atom is 0.472 e. The maximum absolute atomic E-state index is 13.0. The minimum absolute atomic E-state index is 0.104. The highest BCUT2D eigenvalue weighted by atomic mass is 31.2. The van der Waals surface area contributed by atoms with E-state index in [1.54, 1.807) is 0 Å². The maximum atomic E-state index is 13.0. The second-order valence-electron chi connectivity index (χ2n) is 25.6. The molecule has 0 aromatic heterocycles. The highest BCUT2D eigenvalue weighted by molar-refractivity contribution is 7.47. The third kappa shape index (κ3) is 61.6. The van der Waals surface area contributed by atoms with Crippen LogP contribution in [0.3, 0.4) is 0 Å². The van der Waals surface area contributed by atoms with Gasteiger partial charge in [0, 0.05) is 25.7 Å². The fourth-order valence-electron chi connectivity index (χ4n) is 10.4. The van der Waals surface area contributed by atoms with Crippen molar-refractivity contribution < 1.29 is 80.2 Å². The van der Waals surface area contributed by atoms with E-state index >= 15 is 0 Å². The van der Waals surface area contributed by atoms with Crippen molar-refractivity contribution in [3.63, 3.8) is 0 Å². The van der Waals surface area contributed by atoms with E-state index in [1.165, 1.54) is 161 Å². The Morgan fingerprint density at radius 3 is 0.864 bits per heavy atom. The quantitative estimate of drug-likeness (QED) is 0.0222. The number of hydrogen-bond acceptors (Lipinski definition) is 15. The van der Waals surface area contributed by atoms with Crippen molar-refractivity contribution in [2.45, 2.75) is 368 Å². The van der Waals surface area contributed by atoms with E-state index in [1.807, 2.05) is 0 Å². The van der Waals surface area contributed by atoms with E-state index in [9.17, 15) is 43.2 Å². The Balaban J connectivity index is 5.16. The molecule has 0 fully saturated rings. The molecular weight excluding hydrogens is 1160 g/mol. The Morgan fingerprint density at radius 1 is 0.330 bits per heavy atom. The zero-order valence-corrected chi connectivity index (χ0v) is 58.8. The molecule has 522 valence electrons. The van der Waals surface area contributed by atoms with E-state index < -0.39 is 97.5 Å². The SMILES string of the molecule is CCCCCCCCCCCCCCCC(=O)OC[C@H](COP(=O)(O)OC[C@@H](O)COP(=O)(O)OC[C@@H](COC(=O)CCCCCCC)OC(=O)CCCCCCCCCCC(C)CC)OC(=O)CCCCCCCCCCCCCCCCCC(C)C. The van der Waals surface area contributed by atoms with Crippen LogP contribution in [-0.2, 0) is 65.4 Å². The van der Waals surface area contributed by atoms with Crippen LogP contribution < -0.4 is 0 Å². The molecule has 0 aliphatic carbocycles. The Hall–Kier alpha value is -1.94. The summed E-state index contributed by atoms with van der Waals surface area (Å²) in [5, 5.41) is 10.5. The second-order valence-corrected chi connectivity index (χ2v) is 28.5. The second kappa shape index (κ2) is 61.3. The van der Waals surface area contributed by atoms with Gasteiger partial charge < -0.3 is 33.8 Å². The van der Waals surface area contributed by atoms with Gasteiger partial charge in [0.15, 0.2) is 12.2 Å². The van der Waals surface area contributed by atoms with Crippen molar-refractivity contribution >= 4 is 39.5 Å². The fourth-order valence-corrected chi connectivity index (χ4v) is 12.0. The molecule has 0 heterocycles. The average Bonchev–Trinajstić information content (AvgIpc) is 3.70. The molecule has 19 heteroatoms. The third-order valence-corrected chi connectivity index (χ3v) is 18.2. The Morgan fingerprint density at radius 2 is 0.580 bits per heavy atom. The number of carbonyl (C=O) groups is 4. The molecule has 0 aromatic rings. The van der Waals surface area contributed by atoms with Gasteiger partial charge in [-0.05, 0) is 37.5 Å². The third-order valence-electron chi connectivity index (χ3n) is 16.3. The van der Waals surface area contributed by atoms with E-state index in [0.29, 0.717) is 25.7 Å². The summed E-state index contributed by atoms with van der Waals surface area (Å²) in [4.78, 5) is 72.2. The van der Waals surface area contributed by atoms with Crippen LogP contribution >= 0.6 is 15.6 Å². The molecule has 0 rings (SSSR count). The van der Waals surface area contributed by atoms with E-state index in [-0.39, 0.29) is 25.7 Å². The van der Waals surface area contributed by atoms with E-state index in [4.69, 9.17) is 37.0 Å². The van der Waals surface area contributed by atoms with Gasteiger partial charge in [-0.15, -0.1) is 0 Å². The van der Waals surface area contributed by atoms with Crippen LogP contribution in [0.15, 0.2) is 0 Å². The first-order valence-corrected chi connectivity index (χ1v) is 39.0. The molecule has 0 amide bonds. The molecule has 0 saturated heterocycles. The highest BCUT2D eigenvalue weighted by Crippen LogP contribution is 2.45. The summed E-state index contributed by atoms with van der Waals surface area (Å²) < 4.78 is 68.0. The molecule has 0 aliphatic rings. The van der Waals surface area contributed by atoms with Crippen molar-refractivity contribution in [1.29, 1.82) is 0 Å². The minimum Gasteiger partial charge on any atom is -0.462 e. The zero-order chi connectivity index (χ0) is 65.0.